The highest BCUT2D eigenvalue weighted by atomic mass is 32.2. The van der Waals surface area contributed by atoms with Gasteiger partial charge in [0.25, 0.3) is 0 Å². The van der Waals surface area contributed by atoms with Crippen molar-refractivity contribution in [3.8, 4) is 0 Å². The molecule has 0 saturated heterocycles. The van der Waals surface area contributed by atoms with Gasteiger partial charge in [0.2, 0.25) is 20.0 Å². The highest BCUT2D eigenvalue weighted by molar-refractivity contribution is 7.92. The van der Waals surface area contributed by atoms with Crippen molar-refractivity contribution < 1.29 is 16.8 Å². The van der Waals surface area contributed by atoms with Gasteiger partial charge in [-0.3, -0.25) is 9.03 Å². The molecule has 8 heteroatoms. The van der Waals surface area contributed by atoms with Crippen LogP contribution >= 0.6 is 0 Å². The molecule has 0 aromatic heterocycles. The minimum absolute atomic E-state index is 0.111. The van der Waals surface area contributed by atoms with Crippen LogP contribution < -0.4 is 9.03 Å². The number of hydrogen-bond donors (Lipinski definition) is 1. The molecule has 0 atom stereocenters. The average molecular weight is 380 g/mol. The van der Waals surface area contributed by atoms with Crippen molar-refractivity contribution in [1.82, 2.24) is 0 Å². The van der Waals surface area contributed by atoms with Gasteiger partial charge in [0, 0.05) is 12.2 Å². The first-order chi connectivity index (χ1) is 11.7. The molecule has 0 bridgehead atoms. The maximum atomic E-state index is 12.3. The number of hydrogen-bond acceptors (Lipinski definition) is 4. The molecule has 3 rings (SSSR count). The number of anilines is 2. The van der Waals surface area contributed by atoms with E-state index in [1.54, 1.807) is 42.5 Å². The summed E-state index contributed by atoms with van der Waals surface area (Å²) in [5, 5.41) is 0. The van der Waals surface area contributed by atoms with Crippen molar-refractivity contribution in [2.45, 2.75) is 18.6 Å². The Morgan fingerprint density at radius 1 is 1.04 bits per heavy atom. The first-order valence-corrected chi connectivity index (χ1v) is 11.4. The molecule has 1 heterocycles. The molecule has 6 nitrogen and oxygen atoms in total. The Balaban J connectivity index is 1.83. The number of nitrogens with zero attached hydrogens (tertiary/aromatic N) is 1. The van der Waals surface area contributed by atoms with E-state index < -0.39 is 20.0 Å². The molecule has 0 saturated carbocycles. The third kappa shape index (κ3) is 4.32. The van der Waals surface area contributed by atoms with Crippen LogP contribution in [-0.2, 0) is 32.2 Å². The van der Waals surface area contributed by atoms with E-state index in [1.807, 2.05) is 6.07 Å². The second kappa shape index (κ2) is 6.68. The molecule has 2 aromatic carbocycles. The summed E-state index contributed by atoms with van der Waals surface area (Å²) in [5.74, 6) is -0.111. The Hall–Kier alpha value is -2.06. The number of nitrogens with one attached hydrogen (secondary N) is 1. The summed E-state index contributed by atoms with van der Waals surface area (Å²) in [5.41, 5.74) is 2.61. The van der Waals surface area contributed by atoms with Crippen LogP contribution in [0.25, 0.3) is 0 Å². The van der Waals surface area contributed by atoms with Crippen molar-refractivity contribution in [2.24, 2.45) is 0 Å². The average Bonchev–Trinajstić information content (AvgIpc) is 2.53. The van der Waals surface area contributed by atoms with Gasteiger partial charge in [-0.2, -0.15) is 0 Å². The van der Waals surface area contributed by atoms with Gasteiger partial charge in [0.15, 0.2) is 0 Å². The Morgan fingerprint density at radius 2 is 1.76 bits per heavy atom. The lowest BCUT2D eigenvalue weighted by Gasteiger charge is -2.29. The Kier molecular flexibility index (Phi) is 4.75. The van der Waals surface area contributed by atoms with Gasteiger partial charge in [-0.25, -0.2) is 16.8 Å². The van der Waals surface area contributed by atoms with E-state index >= 15 is 0 Å². The van der Waals surface area contributed by atoms with Crippen LogP contribution in [0.15, 0.2) is 48.5 Å². The molecular weight excluding hydrogens is 360 g/mol. The molecule has 0 radical (unpaired) electrons. The van der Waals surface area contributed by atoms with Crippen LogP contribution in [0, 0.1) is 0 Å². The fourth-order valence-electron chi connectivity index (χ4n) is 2.98. The normalized spacial score (nSPS) is 14.8. The molecule has 1 N–H and O–H groups in total. The number of sulfonamides is 2. The van der Waals surface area contributed by atoms with Crippen molar-refractivity contribution in [2.75, 3.05) is 21.8 Å². The lowest BCUT2D eigenvalue weighted by molar-refractivity contribution is 0.592. The van der Waals surface area contributed by atoms with Crippen LogP contribution in [0.1, 0.15) is 17.5 Å². The van der Waals surface area contributed by atoms with E-state index in [9.17, 15) is 16.8 Å². The predicted molar refractivity (Wildman–Crippen MR) is 99.6 cm³/mol. The van der Waals surface area contributed by atoms with Crippen molar-refractivity contribution in [3.05, 3.63) is 59.7 Å². The zero-order valence-corrected chi connectivity index (χ0v) is 15.5. The number of rotatable bonds is 5. The summed E-state index contributed by atoms with van der Waals surface area (Å²) in [6, 6.07) is 13.9. The maximum Gasteiger partial charge on any atom is 0.236 e. The molecule has 2 aromatic rings. The molecule has 0 aliphatic carbocycles. The number of benzene rings is 2. The van der Waals surface area contributed by atoms with Crippen molar-refractivity contribution >= 4 is 31.4 Å². The van der Waals surface area contributed by atoms with Gasteiger partial charge in [0.1, 0.15) is 0 Å². The fourth-order valence-corrected chi connectivity index (χ4v) is 5.17. The Labute approximate surface area is 148 Å². The Morgan fingerprint density at radius 3 is 2.44 bits per heavy atom. The number of aryl methyl sites for hydroxylation is 1. The molecule has 1 aliphatic heterocycles. The Bertz CT molecular complexity index is 971. The molecule has 0 unspecified atom stereocenters. The number of fused-ring (bicyclic) bond motifs is 1. The summed E-state index contributed by atoms with van der Waals surface area (Å²) < 4.78 is 52.4. The van der Waals surface area contributed by atoms with Gasteiger partial charge in [-0.15, -0.1) is 0 Å². The zero-order valence-electron chi connectivity index (χ0n) is 13.8. The largest absolute Gasteiger partial charge is 0.283 e. The smallest absolute Gasteiger partial charge is 0.236 e. The van der Waals surface area contributed by atoms with Gasteiger partial charge < -0.3 is 0 Å². The second-order valence-corrected chi connectivity index (χ2v) is 9.76. The van der Waals surface area contributed by atoms with Crippen LogP contribution in [0.4, 0.5) is 11.4 Å². The van der Waals surface area contributed by atoms with E-state index in [-0.39, 0.29) is 5.75 Å². The minimum atomic E-state index is -3.54. The lowest BCUT2D eigenvalue weighted by Crippen LogP contribution is -2.34. The van der Waals surface area contributed by atoms with E-state index in [1.165, 1.54) is 10.6 Å². The molecule has 25 heavy (non-hydrogen) atoms. The van der Waals surface area contributed by atoms with E-state index in [0.29, 0.717) is 29.9 Å². The highest BCUT2D eigenvalue weighted by Gasteiger charge is 2.24. The zero-order chi connectivity index (χ0) is 18.1. The molecular formula is C17H20N2O4S2. The highest BCUT2D eigenvalue weighted by Crippen LogP contribution is 2.31. The van der Waals surface area contributed by atoms with Crippen molar-refractivity contribution in [1.29, 1.82) is 0 Å². The van der Waals surface area contributed by atoms with Gasteiger partial charge in [0.05, 0.1) is 17.7 Å². The third-order valence-electron chi connectivity index (χ3n) is 4.03. The quantitative estimate of drug-likeness (QED) is 0.863. The maximum absolute atomic E-state index is 12.3. The van der Waals surface area contributed by atoms with Crippen LogP contribution in [0.5, 0.6) is 0 Å². The molecule has 0 amide bonds. The summed E-state index contributed by atoms with van der Waals surface area (Å²) in [7, 11) is -6.87. The van der Waals surface area contributed by atoms with Gasteiger partial charge in [-0.1, -0.05) is 30.3 Å². The van der Waals surface area contributed by atoms with Crippen LogP contribution in [0.3, 0.4) is 0 Å². The first-order valence-electron chi connectivity index (χ1n) is 7.90. The topological polar surface area (TPSA) is 83.6 Å². The minimum Gasteiger partial charge on any atom is -0.283 e. The van der Waals surface area contributed by atoms with E-state index in [0.717, 1.165) is 12.0 Å². The molecule has 0 spiro atoms. The summed E-state index contributed by atoms with van der Waals surface area (Å²) in [6.07, 6.45) is 2.61. The van der Waals surface area contributed by atoms with Gasteiger partial charge >= 0.3 is 0 Å². The second-order valence-electron chi connectivity index (χ2n) is 6.13. The van der Waals surface area contributed by atoms with E-state index in [4.69, 9.17) is 0 Å². The van der Waals surface area contributed by atoms with Gasteiger partial charge in [-0.05, 0) is 42.2 Å². The van der Waals surface area contributed by atoms with Crippen LogP contribution in [0.2, 0.25) is 0 Å². The summed E-state index contributed by atoms with van der Waals surface area (Å²) >= 11 is 0. The van der Waals surface area contributed by atoms with Crippen LogP contribution in [-0.4, -0.2) is 29.6 Å². The predicted octanol–water partition coefficient (Wildman–Crippen LogP) is 2.34. The monoisotopic (exact) mass is 380 g/mol. The molecule has 1 aliphatic rings. The fraction of sp³-hybridized carbons (Fsp3) is 0.294. The standard InChI is InChI=1S/C17H20N2O4S2/c1-24(20,21)19-11-5-8-15-12-16(9-10-17(15)19)18-25(22,23)13-14-6-3-2-4-7-14/h2-4,6-7,9-10,12,18H,5,8,11,13H2,1H3. The van der Waals surface area contributed by atoms with Crippen molar-refractivity contribution in [3.63, 3.8) is 0 Å². The molecule has 0 fully saturated rings. The summed E-state index contributed by atoms with van der Waals surface area (Å²) in [6.45, 7) is 0.449. The first kappa shape index (κ1) is 17.8. The SMILES string of the molecule is CS(=O)(=O)N1CCCc2cc(NS(=O)(=O)Cc3ccccc3)ccc21. The summed E-state index contributed by atoms with van der Waals surface area (Å²) in [4.78, 5) is 0. The lowest BCUT2D eigenvalue weighted by atomic mass is 10.0. The van der Waals surface area contributed by atoms with E-state index in [2.05, 4.69) is 4.72 Å². The third-order valence-corrected chi connectivity index (χ3v) is 6.47. The molecule has 134 valence electrons.